The Hall–Kier alpha value is -1.35. The molecule has 0 radical (unpaired) electrons. The SMILES string of the molecule is C=CCC(=CC(=O)ON)CC=C. The third-order valence-corrected chi connectivity index (χ3v) is 1.25. The van der Waals surface area contributed by atoms with Crippen LogP contribution in [0.5, 0.6) is 0 Å². The monoisotopic (exact) mass is 167 g/mol. The molecule has 66 valence electrons. The van der Waals surface area contributed by atoms with Gasteiger partial charge in [-0.2, -0.15) is 5.90 Å². The van der Waals surface area contributed by atoms with Crippen LogP contribution >= 0.6 is 0 Å². The molecule has 0 rings (SSSR count). The van der Waals surface area contributed by atoms with Crippen molar-refractivity contribution in [3.8, 4) is 0 Å². The van der Waals surface area contributed by atoms with E-state index in [0.29, 0.717) is 12.8 Å². The molecular weight excluding hydrogens is 154 g/mol. The van der Waals surface area contributed by atoms with Crippen molar-refractivity contribution in [2.75, 3.05) is 0 Å². The molecule has 0 spiro atoms. The summed E-state index contributed by atoms with van der Waals surface area (Å²) in [6.07, 6.45) is 6.05. The highest BCUT2D eigenvalue weighted by molar-refractivity contribution is 5.82. The summed E-state index contributed by atoms with van der Waals surface area (Å²) in [6.45, 7) is 7.11. The van der Waals surface area contributed by atoms with Crippen molar-refractivity contribution in [3.63, 3.8) is 0 Å². The molecule has 0 aliphatic rings. The van der Waals surface area contributed by atoms with Gasteiger partial charge in [0.05, 0.1) is 0 Å². The van der Waals surface area contributed by atoms with Gasteiger partial charge in [-0.1, -0.05) is 17.7 Å². The Bertz CT molecular complexity index is 195. The Balaban J connectivity index is 4.24. The molecule has 0 aliphatic carbocycles. The van der Waals surface area contributed by atoms with Crippen molar-refractivity contribution in [3.05, 3.63) is 37.0 Å². The Morgan fingerprint density at radius 2 is 1.83 bits per heavy atom. The first-order valence-corrected chi connectivity index (χ1v) is 3.56. The van der Waals surface area contributed by atoms with Gasteiger partial charge in [0.2, 0.25) is 0 Å². The third-order valence-electron chi connectivity index (χ3n) is 1.25. The second kappa shape index (κ2) is 6.37. The zero-order valence-corrected chi connectivity index (χ0v) is 6.95. The lowest BCUT2D eigenvalue weighted by Crippen LogP contribution is -2.07. The van der Waals surface area contributed by atoms with Crippen LogP contribution < -0.4 is 5.90 Å². The van der Waals surface area contributed by atoms with Gasteiger partial charge in [0, 0.05) is 6.08 Å². The fourth-order valence-electron chi connectivity index (χ4n) is 0.773. The summed E-state index contributed by atoms with van der Waals surface area (Å²) >= 11 is 0. The Labute approximate surface area is 72.2 Å². The van der Waals surface area contributed by atoms with Gasteiger partial charge in [-0.25, -0.2) is 4.79 Å². The molecule has 0 aromatic rings. The summed E-state index contributed by atoms with van der Waals surface area (Å²) in [5.41, 5.74) is 0.885. The number of nitrogens with two attached hydrogens (primary N) is 1. The molecular formula is C9H13NO2. The number of hydrogen-bond donors (Lipinski definition) is 1. The van der Waals surface area contributed by atoms with E-state index in [2.05, 4.69) is 23.9 Å². The molecule has 0 fully saturated rings. The van der Waals surface area contributed by atoms with E-state index >= 15 is 0 Å². The molecule has 2 N–H and O–H groups in total. The molecule has 0 aliphatic heterocycles. The van der Waals surface area contributed by atoms with E-state index in [1.165, 1.54) is 6.08 Å². The van der Waals surface area contributed by atoms with Crippen LogP contribution in [0.4, 0.5) is 0 Å². The van der Waals surface area contributed by atoms with Crippen molar-refractivity contribution in [1.29, 1.82) is 0 Å². The standard InChI is InChI=1S/C9H13NO2/c1-3-5-8(6-4-2)7-9(11)12-10/h3-4,7H,1-2,5-6,10H2. The van der Waals surface area contributed by atoms with Gasteiger partial charge in [0.1, 0.15) is 0 Å². The smallest absolute Gasteiger partial charge is 0.349 e. The van der Waals surface area contributed by atoms with Gasteiger partial charge in [0.15, 0.2) is 0 Å². The van der Waals surface area contributed by atoms with E-state index in [1.807, 2.05) is 0 Å². The maximum Gasteiger partial charge on any atom is 0.349 e. The van der Waals surface area contributed by atoms with Crippen LogP contribution in [0.1, 0.15) is 12.8 Å². The summed E-state index contributed by atoms with van der Waals surface area (Å²) in [7, 11) is 0. The molecule has 0 atom stereocenters. The molecule has 3 heteroatoms. The van der Waals surface area contributed by atoms with Crippen molar-refractivity contribution in [2.45, 2.75) is 12.8 Å². The number of allylic oxidation sites excluding steroid dienone is 3. The van der Waals surface area contributed by atoms with E-state index in [0.717, 1.165) is 5.57 Å². The Morgan fingerprint density at radius 1 is 1.33 bits per heavy atom. The van der Waals surface area contributed by atoms with Gasteiger partial charge in [0.25, 0.3) is 0 Å². The van der Waals surface area contributed by atoms with Crippen LogP contribution in [-0.4, -0.2) is 5.97 Å². The van der Waals surface area contributed by atoms with Gasteiger partial charge >= 0.3 is 5.97 Å². The molecule has 0 saturated carbocycles. The highest BCUT2D eigenvalue weighted by atomic mass is 16.7. The van der Waals surface area contributed by atoms with Crippen LogP contribution in [-0.2, 0) is 9.63 Å². The average Bonchev–Trinajstić information content (AvgIpc) is 2.05. The molecule has 0 heterocycles. The average molecular weight is 167 g/mol. The minimum atomic E-state index is -0.547. The van der Waals surface area contributed by atoms with Crippen molar-refractivity contribution in [1.82, 2.24) is 0 Å². The van der Waals surface area contributed by atoms with Crippen molar-refractivity contribution in [2.24, 2.45) is 5.90 Å². The molecule has 0 aromatic heterocycles. The van der Waals surface area contributed by atoms with Gasteiger partial charge < -0.3 is 4.84 Å². The number of hydrogen-bond acceptors (Lipinski definition) is 3. The lowest BCUT2D eigenvalue weighted by Gasteiger charge is -1.98. The minimum absolute atomic E-state index is 0.547. The second-order valence-electron chi connectivity index (χ2n) is 2.23. The van der Waals surface area contributed by atoms with E-state index in [1.54, 1.807) is 12.2 Å². The maximum atomic E-state index is 10.7. The number of carbonyl (C=O) groups is 1. The fourth-order valence-corrected chi connectivity index (χ4v) is 0.773. The highest BCUT2D eigenvalue weighted by Gasteiger charge is 1.98. The van der Waals surface area contributed by atoms with E-state index in [4.69, 9.17) is 0 Å². The van der Waals surface area contributed by atoms with Gasteiger partial charge in [-0.05, 0) is 12.8 Å². The van der Waals surface area contributed by atoms with Crippen LogP contribution in [0, 0.1) is 0 Å². The fraction of sp³-hybridized carbons (Fsp3) is 0.222. The lowest BCUT2D eigenvalue weighted by atomic mass is 10.1. The molecule has 0 saturated heterocycles. The molecule has 12 heavy (non-hydrogen) atoms. The number of carbonyl (C=O) groups excluding carboxylic acids is 1. The summed E-state index contributed by atoms with van der Waals surface area (Å²) in [5, 5.41) is 0. The quantitative estimate of drug-likeness (QED) is 0.383. The van der Waals surface area contributed by atoms with Gasteiger partial charge in [-0.15, -0.1) is 13.2 Å². The normalized spacial score (nSPS) is 8.42. The second-order valence-corrected chi connectivity index (χ2v) is 2.23. The summed E-state index contributed by atoms with van der Waals surface area (Å²) < 4.78 is 0. The first kappa shape index (κ1) is 10.7. The highest BCUT2D eigenvalue weighted by Crippen LogP contribution is 2.07. The van der Waals surface area contributed by atoms with E-state index in [-0.39, 0.29) is 0 Å². The van der Waals surface area contributed by atoms with E-state index in [9.17, 15) is 4.79 Å². The topological polar surface area (TPSA) is 52.3 Å². The van der Waals surface area contributed by atoms with Crippen LogP contribution in [0.25, 0.3) is 0 Å². The predicted octanol–water partition coefficient (Wildman–Crippen LogP) is 1.48. The summed E-state index contributed by atoms with van der Waals surface area (Å²) in [4.78, 5) is 14.7. The van der Waals surface area contributed by atoms with E-state index < -0.39 is 5.97 Å². The van der Waals surface area contributed by atoms with Crippen LogP contribution in [0.15, 0.2) is 37.0 Å². The predicted molar refractivity (Wildman–Crippen MR) is 48.0 cm³/mol. The van der Waals surface area contributed by atoms with Gasteiger partial charge in [-0.3, -0.25) is 0 Å². The maximum absolute atomic E-state index is 10.7. The lowest BCUT2D eigenvalue weighted by molar-refractivity contribution is -0.138. The molecule has 0 amide bonds. The van der Waals surface area contributed by atoms with Crippen LogP contribution in [0.2, 0.25) is 0 Å². The first-order chi connectivity index (χ1) is 5.74. The molecule has 0 unspecified atom stereocenters. The largest absolute Gasteiger partial charge is 0.370 e. The number of rotatable bonds is 5. The first-order valence-electron chi connectivity index (χ1n) is 3.56. The minimum Gasteiger partial charge on any atom is -0.370 e. The third kappa shape index (κ3) is 4.46. The zero-order chi connectivity index (χ0) is 9.40. The van der Waals surface area contributed by atoms with Crippen molar-refractivity contribution < 1.29 is 9.63 Å². The molecule has 0 bridgehead atoms. The Kier molecular flexibility index (Phi) is 5.65. The molecule has 0 aromatic carbocycles. The van der Waals surface area contributed by atoms with Crippen molar-refractivity contribution >= 4 is 5.97 Å². The zero-order valence-electron chi connectivity index (χ0n) is 6.95. The Morgan fingerprint density at radius 3 is 2.17 bits per heavy atom. The van der Waals surface area contributed by atoms with Crippen LogP contribution in [0.3, 0.4) is 0 Å². The summed E-state index contributed by atoms with van der Waals surface area (Å²) in [6, 6.07) is 0. The summed E-state index contributed by atoms with van der Waals surface area (Å²) in [5.74, 6) is 4.12. The molecule has 3 nitrogen and oxygen atoms in total.